The number of nitrogens with zero attached hydrogens (tertiary/aromatic N) is 2. The van der Waals surface area contributed by atoms with Crippen molar-refractivity contribution in [2.45, 2.75) is 6.92 Å². The lowest BCUT2D eigenvalue weighted by Crippen LogP contribution is -2.00. The molecule has 11 heavy (non-hydrogen) atoms. The summed E-state index contributed by atoms with van der Waals surface area (Å²) in [7, 11) is 0. The van der Waals surface area contributed by atoms with E-state index in [4.69, 9.17) is 0 Å². The van der Waals surface area contributed by atoms with Gasteiger partial charge >= 0.3 is 0 Å². The average Bonchev–Trinajstić information content (AvgIpc) is 2.37. The molecule has 1 aromatic heterocycles. The van der Waals surface area contributed by atoms with Crippen LogP contribution in [0.15, 0.2) is 11.3 Å². The number of hydrogen-bond acceptors (Lipinski definition) is 3. The van der Waals surface area contributed by atoms with Crippen LogP contribution < -0.4 is 5.43 Å². The van der Waals surface area contributed by atoms with E-state index in [2.05, 4.69) is 20.7 Å². The molecule has 1 aromatic rings. The molecule has 58 valence electrons. The molecular formula is C6H8N4O. The number of aromatic amines is 1. The van der Waals surface area contributed by atoms with Gasteiger partial charge in [-0.3, -0.25) is 9.89 Å². The smallest absolute Gasteiger partial charge is 0.227 e. The van der Waals surface area contributed by atoms with Gasteiger partial charge in [0.1, 0.15) is 0 Å². The summed E-state index contributed by atoms with van der Waals surface area (Å²) in [6, 6.07) is 0. The van der Waals surface area contributed by atoms with Gasteiger partial charge in [0.15, 0.2) is 0 Å². The van der Waals surface area contributed by atoms with E-state index in [0.29, 0.717) is 6.41 Å². The normalized spacial score (nSPS) is 10.3. The van der Waals surface area contributed by atoms with Crippen molar-refractivity contribution in [3.63, 3.8) is 0 Å². The van der Waals surface area contributed by atoms with Gasteiger partial charge in [0.2, 0.25) is 6.41 Å². The van der Waals surface area contributed by atoms with Crippen LogP contribution in [0.1, 0.15) is 11.3 Å². The minimum atomic E-state index is 0.506. The van der Waals surface area contributed by atoms with Crippen LogP contribution >= 0.6 is 0 Å². The Hall–Kier alpha value is -1.65. The number of carbonyl (C=O) groups excluding carboxylic acids is 1. The zero-order valence-electron chi connectivity index (χ0n) is 6.03. The number of nitrogens with one attached hydrogen (secondary N) is 2. The van der Waals surface area contributed by atoms with Crippen LogP contribution in [0, 0.1) is 6.92 Å². The lowest BCUT2D eigenvalue weighted by Gasteiger charge is -1.86. The Kier molecular flexibility index (Phi) is 2.37. The van der Waals surface area contributed by atoms with Crippen molar-refractivity contribution in [3.05, 3.63) is 17.5 Å². The second-order valence-corrected chi connectivity index (χ2v) is 1.96. The summed E-state index contributed by atoms with van der Waals surface area (Å²) in [6.45, 7) is 1.87. The highest BCUT2D eigenvalue weighted by molar-refractivity contribution is 5.80. The molecule has 0 aliphatic heterocycles. The van der Waals surface area contributed by atoms with Crippen LogP contribution in [0.4, 0.5) is 0 Å². The van der Waals surface area contributed by atoms with Gasteiger partial charge in [0.05, 0.1) is 12.4 Å². The van der Waals surface area contributed by atoms with Crippen LogP contribution in [0.2, 0.25) is 0 Å². The quantitative estimate of drug-likeness (QED) is 0.357. The number of aromatic nitrogens is 2. The molecule has 1 amide bonds. The number of rotatable bonds is 3. The third-order valence-electron chi connectivity index (χ3n) is 1.20. The Bertz CT molecular complexity index is 265. The third kappa shape index (κ3) is 1.89. The predicted molar refractivity (Wildman–Crippen MR) is 40.1 cm³/mol. The second kappa shape index (κ2) is 3.50. The second-order valence-electron chi connectivity index (χ2n) is 1.96. The molecule has 0 atom stereocenters. The maximum Gasteiger partial charge on any atom is 0.227 e. The summed E-state index contributed by atoms with van der Waals surface area (Å²) in [5, 5.41) is 10.1. The zero-order chi connectivity index (χ0) is 8.10. The van der Waals surface area contributed by atoms with E-state index < -0.39 is 0 Å². The lowest BCUT2D eigenvalue weighted by atomic mass is 10.3. The molecule has 0 unspecified atom stereocenters. The van der Waals surface area contributed by atoms with Gasteiger partial charge in [-0.15, -0.1) is 0 Å². The van der Waals surface area contributed by atoms with Gasteiger partial charge in [0, 0.05) is 11.3 Å². The van der Waals surface area contributed by atoms with E-state index in [1.807, 2.05) is 6.92 Å². The van der Waals surface area contributed by atoms with Crippen molar-refractivity contribution in [3.8, 4) is 0 Å². The van der Waals surface area contributed by atoms with Gasteiger partial charge in [0.25, 0.3) is 0 Å². The van der Waals surface area contributed by atoms with E-state index in [1.165, 1.54) is 6.21 Å². The van der Waals surface area contributed by atoms with Crippen LogP contribution in [0.5, 0.6) is 0 Å². The average molecular weight is 152 g/mol. The molecule has 0 aromatic carbocycles. The van der Waals surface area contributed by atoms with Crippen LogP contribution in [0.25, 0.3) is 0 Å². The van der Waals surface area contributed by atoms with Crippen molar-refractivity contribution in [2.75, 3.05) is 0 Å². The van der Waals surface area contributed by atoms with Crippen molar-refractivity contribution in [1.82, 2.24) is 15.6 Å². The lowest BCUT2D eigenvalue weighted by molar-refractivity contribution is -0.109. The Morgan fingerprint density at radius 3 is 3.18 bits per heavy atom. The first-order valence-corrected chi connectivity index (χ1v) is 3.07. The molecule has 0 aliphatic carbocycles. The van der Waals surface area contributed by atoms with Crippen molar-refractivity contribution >= 4 is 12.6 Å². The first-order valence-electron chi connectivity index (χ1n) is 3.07. The minimum Gasteiger partial charge on any atom is -0.282 e. The van der Waals surface area contributed by atoms with Gasteiger partial charge in [-0.1, -0.05) is 0 Å². The fraction of sp³-hybridized carbons (Fsp3) is 0.167. The number of aryl methyl sites for hydroxylation is 1. The first kappa shape index (κ1) is 7.46. The Labute approximate surface area is 63.5 Å². The molecule has 5 nitrogen and oxygen atoms in total. The van der Waals surface area contributed by atoms with Gasteiger partial charge in [-0.2, -0.15) is 10.2 Å². The Morgan fingerprint density at radius 2 is 2.64 bits per heavy atom. The van der Waals surface area contributed by atoms with E-state index in [9.17, 15) is 4.79 Å². The number of amides is 1. The Morgan fingerprint density at radius 1 is 1.82 bits per heavy atom. The van der Waals surface area contributed by atoms with Crippen LogP contribution in [-0.4, -0.2) is 22.8 Å². The summed E-state index contributed by atoms with van der Waals surface area (Å²) in [6.07, 6.45) is 3.66. The maximum atomic E-state index is 9.77. The minimum absolute atomic E-state index is 0.506. The molecule has 0 bridgehead atoms. The summed E-state index contributed by atoms with van der Waals surface area (Å²) in [4.78, 5) is 9.77. The number of hydrazone groups is 1. The van der Waals surface area contributed by atoms with E-state index >= 15 is 0 Å². The third-order valence-corrected chi connectivity index (χ3v) is 1.20. The highest BCUT2D eigenvalue weighted by Gasteiger charge is 1.93. The largest absolute Gasteiger partial charge is 0.282 e. The van der Waals surface area contributed by atoms with Gasteiger partial charge in [-0.25, -0.2) is 5.43 Å². The van der Waals surface area contributed by atoms with E-state index in [-0.39, 0.29) is 0 Å². The fourth-order valence-electron chi connectivity index (χ4n) is 0.627. The maximum absolute atomic E-state index is 9.77. The van der Waals surface area contributed by atoms with Crippen molar-refractivity contribution in [2.24, 2.45) is 5.10 Å². The Balaban J connectivity index is 2.63. The molecule has 5 heteroatoms. The van der Waals surface area contributed by atoms with Gasteiger partial charge < -0.3 is 0 Å². The molecule has 2 N–H and O–H groups in total. The highest BCUT2D eigenvalue weighted by atomic mass is 16.1. The summed E-state index contributed by atoms with van der Waals surface area (Å²) in [5.41, 5.74) is 3.94. The first-order chi connectivity index (χ1) is 5.34. The molecule has 0 radical (unpaired) electrons. The molecule has 1 rings (SSSR count). The summed E-state index contributed by atoms with van der Waals surface area (Å²) >= 11 is 0. The van der Waals surface area contributed by atoms with E-state index in [0.717, 1.165) is 11.3 Å². The number of H-pyrrole nitrogens is 1. The predicted octanol–water partition coefficient (Wildman–Crippen LogP) is -0.202. The highest BCUT2D eigenvalue weighted by Crippen LogP contribution is 1.96. The summed E-state index contributed by atoms with van der Waals surface area (Å²) in [5.74, 6) is 0. The topological polar surface area (TPSA) is 70.1 Å². The fourth-order valence-corrected chi connectivity index (χ4v) is 0.627. The SMILES string of the molecule is Cc1[nH]ncc1/C=N/NC=O. The number of carbonyl (C=O) groups is 1. The molecule has 0 fully saturated rings. The summed E-state index contributed by atoms with van der Waals surface area (Å²) < 4.78 is 0. The van der Waals surface area contributed by atoms with Crippen LogP contribution in [-0.2, 0) is 4.79 Å². The zero-order valence-corrected chi connectivity index (χ0v) is 6.03. The molecular weight excluding hydrogens is 144 g/mol. The standard InChI is InChI=1S/C6H8N4O/c1-5-6(3-8-10-5)2-7-9-4-11/h2-4H,1H3,(H,8,10)(H,9,11)/b7-2+. The van der Waals surface area contributed by atoms with Crippen molar-refractivity contribution < 1.29 is 4.79 Å². The number of hydrogen-bond donors (Lipinski definition) is 2. The van der Waals surface area contributed by atoms with Gasteiger partial charge in [-0.05, 0) is 6.92 Å². The van der Waals surface area contributed by atoms with E-state index in [1.54, 1.807) is 6.20 Å². The molecule has 0 saturated heterocycles. The molecule has 1 heterocycles. The molecule has 0 aliphatic rings. The monoisotopic (exact) mass is 152 g/mol. The van der Waals surface area contributed by atoms with Crippen LogP contribution in [0.3, 0.4) is 0 Å². The van der Waals surface area contributed by atoms with Crippen molar-refractivity contribution in [1.29, 1.82) is 0 Å². The molecule has 0 spiro atoms. The molecule has 0 saturated carbocycles.